The van der Waals surface area contributed by atoms with E-state index in [1.54, 1.807) is 39.2 Å². The fourth-order valence-electron chi connectivity index (χ4n) is 2.71. The Morgan fingerprint density at radius 3 is 2.54 bits per heavy atom. The third-order valence-electron chi connectivity index (χ3n) is 4.87. The number of amides is 1. The van der Waals surface area contributed by atoms with Crippen molar-refractivity contribution in [2.75, 3.05) is 19.0 Å². The molecule has 2 atom stereocenters. The van der Waals surface area contributed by atoms with Gasteiger partial charge in [-0.15, -0.1) is 0 Å². The molecule has 2 rings (SSSR count). The molecule has 1 amide bonds. The lowest BCUT2D eigenvalue weighted by atomic mass is 9.99. The van der Waals surface area contributed by atoms with Gasteiger partial charge in [0.2, 0.25) is 0 Å². The summed E-state index contributed by atoms with van der Waals surface area (Å²) in [5.74, 6) is -0.0102. The monoisotopic (exact) mass is 363 g/mol. The van der Waals surface area contributed by atoms with Crippen molar-refractivity contribution in [1.82, 2.24) is 0 Å². The van der Waals surface area contributed by atoms with Crippen LogP contribution in [0, 0.1) is 5.92 Å². The second kappa shape index (κ2) is 8.54. The lowest BCUT2D eigenvalue weighted by Crippen LogP contribution is -2.44. The maximum absolute atomic E-state index is 12.7. The molecular formula is C20H29NO5. The first-order valence-electron chi connectivity index (χ1n) is 9.20. The number of benzene rings is 1. The van der Waals surface area contributed by atoms with Crippen molar-refractivity contribution in [2.24, 2.45) is 5.92 Å². The van der Waals surface area contributed by atoms with Crippen molar-refractivity contribution in [3.05, 3.63) is 23.8 Å². The number of carbonyl (C=O) groups excluding carboxylic acids is 2. The summed E-state index contributed by atoms with van der Waals surface area (Å²) < 4.78 is 16.4. The van der Waals surface area contributed by atoms with Crippen LogP contribution in [0.15, 0.2) is 18.2 Å². The van der Waals surface area contributed by atoms with Crippen LogP contribution in [0.1, 0.15) is 57.3 Å². The molecule has 1 N–H and O–H groups in total. The number of methoxy groups -OCH3 is 1. The summed E-state index contributed by atoms with van der Waals surface area (Å²) >= 11 is 0. The Labute approximate surface area is 155 Å². The van der Waals surface area contributed by atoms with E-state index in [-0.39, 0.29) is 24.5 Å². The maximum atomic E-state index is 12.7. The molecule has 6 nitrogen and oxygen atoms in total. The minimum atomic E-state index is -0.865. The van der Waals surface area contributed by atoms with Gasteiger partial charge in [-0.25, -0.2) is 4.79 Å². The molecule has 1 saturated carbocycles. The zero-order valence-electron chi connectivity index (χ0n) is 16.3. The van der Waals surface area contributed by atoms with Crippen molar-refractivity contribution in [2.45, 2.75) is 58.7 Å². The smallest absolute Gasteiger partial charge is 0.341 e. The number of hydrogen-bond donors (Lipinski definition) is 1. The average molecular weight is 363 g/mol. The van der Waals surface area contributed by atoms with Crippen molar-refractivity contribution < 1.29 is 23.8 Å². The van der Waals surface area contributed by atoms with Crippen molar-refractivity contribution in [3.63, 3.8) is 0 Å². The number of hydrogen-bond acceptors (Lipinski definition) is 5. The molecular weight excluding hydrogens is 334 g/mol. The second-order valence-corrected chi connectivity index (χ2v) is 6.81. The minimum Gasteiger partial charge on any atom is -0.490 e. The van der Waals surface area contributed by atoms with E-state index in [0.29, 0.717) is 17.0 Å². The number of anilines is 1. The van der Waals surface area contributed by atoms with Crippen LogP contribution >= 0.6 is 0 Å². The van der Waals surface area contributed by atoms with Gasteiger partial charge in [-0.3, -0.25) is 4.79 Å². The Morgan fingerprint density at radius 2 is 2.00 bits per heavy atom. The van der Waals surface area contributed by atoms with E-state index in [2.05, 4.69) is 5.32 Å². The van der Waals surface area contributed by atoms with Crippen LogP contribution < -0.4 is 10.1 Å². The topological polar surface area (TPSA) is 73.9 Å². The van der Waals surface area contributed by atoms with Crippen molar-refractivity contribution >= 4 is 17.6 Å². The van der Waals surface area contributed by atoms with Gasteiger partial charge >= 0.3 is 5.97 Å². The first-order valence-corrected chi connectivity index (χ1v) is 9.20. The molecule has 144 valence electrons. The molecule has 0 aromatic heterocycles. The van der Waals surface area contributed by atoms with Gasteiger partial charge in [0.1, 0.15) is 16.9 Å². The Morgan fingerprint density at radius 1 is 1.31 bits per heavy atom. The van der Waals surface area contributed by atoms with E-state index in [0.717, 1.165) is 19.3 Å². The molecule has 1 aromatic carbocycles. The highest BCUT2D eigenvalue weighted by molar-refractivity contribution is 6.00. The molecule has 1 aliphatic carbocycles. The van der Waals surface area contributed by atoms with Gasteiger partial charge < -0.3 is 19.5 Å². The molecule has 0 bridgehead atoms. The summed E-state index contributed by atoms with van der Waals surface area (Å²) in [5, 5.41) is 2.86. The van der Waals surface area contributed by atoms with Gasteiger partial charge in [-0.1, -0.05) is 6.92 Å². The average Bonchev–Trinajstić information content (AvgIpc) is 3.47. The van der Waals surface area contributed by atoms with Crippen LogP contribution in [0.4, 0.5) is 5.69 Å². The minimum absolute atomic E-state index is 0.0322. The van der Waals surface area contributed by atoms with Crippen LogP contribution in [-0.4, -0.2) is 37.3 Å². The molecule has 0 aliphatic heterocycles. The summed E-state index contributed by atoms with van der Waals surface area (Å²) in [7, 11) is 1.55. The molecule has 0 spiro atoms. The van der Waals surface area contributed by atoms with Gasteiger partial charge in [0, 0.05) is 12.8 Å². The Kier molecular flexibility index (Phi) is 6.64. The predicted molar refractivity (Wildman–Crippen MR) is 99.5 cm³/mol. The quantitative estimate of drug-likeness (QED) is 0.676. The fraction of sp³-hybridized carbons (Fsp3) is 0.600. The van der Waals surface area contributed by atoms with Crippen molar-refractivity contribution in [3.8, 4) is 5.75 Å². The SMILES string of the molecule is CCOC(=O)c1cc(NC(=O)[C@](C)(OC)C2CC2)ccc1O[C@H](C)CC. The number of ether oxygens (including phenoxy) is 3. The lowest BCUT2D eigenvalue weighted by molar-refractivity contribution is -0.138. The largest absolute Gasteiger partial charge is 0.490 e. The van der Waals surface area contributed by atoms with Gasteiger partial charge in [-0.05, 0) is 64.2 Å². The highest BCUT2D eigenvalue weighted by Crippen LogP contribution is 2.42. The summed E-state index contributed by atoms with van der Waals surface area (Å²) in [5.41, 5.74) is -0.0512. The first kappa shape index (κ1) is 20.2. The van der Waals surface area contributed by atoms with E-state index < -0.39 is 11.6 Å². The Bertz CT molecular complexity index is 656. The molecule has 0 heterocycles. The van der Waals surface area contributed by atoms with Crippen LogP contribution in [-0.2, 0) is 14.3 Å². The highest BCUT2D eigenvalue weighted by Gasteiger charge is 2.47. The zero-order chi connectivity index (χ0) is 19.3. The van der Waals surface area contributed by atoms with E-state index in [9.17, 15) is 9.59 Å². The second-order valence-electron chi connectivity index (χ2n) is 6.81. The molecule has 6 heteroatoms. The summed E-state index contributed by atoms with van der Waals surface area (Å²) in [6.07, 6.45) is 2.74. The van der Waals surface area contributed by atoms with Crippen LogP contribution in [0.5, 0.6) is 5.75 Å². The summed E-state index contributed by atoms with van der Waals surface area (Å²) in [6.45, 7) is 7.75. The Hall–Kier alpha value is -2.08. The normalized spacial score (nSPS) is 17.1. The summed E-state index contributed by atoms with van der Waals surface area (Å²) in [6, 6.07) is 5.01. The molecule has 1 aliphatic rings. The van der Waals surface area contributed by atoms with Crippen LogP contribution in [0.2, 0.25) is 0 Å². The highest BCUT2D eigenvalue weighted by atomic mass is 16.5. The molecule has 0 radical (unpaired) electrons. The first-order chi connectivity index (χ1) is 12.3. The molecule has 1 fully saturated rings. The van der Waals surface area contributed by atoms with E-state index in [1.165, 1.54) is 0 Å². The molecule has 26 heavy (non-hydrogen) atoms. The molecule has 0 unspecified atom stereocenters. The number of esters is 1. The molecule has 1 aromatic rings. The number of carbonyl (C=O) groups is 2. The van der Waals surface area contributed by atoms with Crippen molar-refractivity contribution in [1.29, 1.82) is 0 Å². The van der Waals surface area contributed by atoms with Gasteiger partial charge in [0.25, 0.3) is 5.91 Å². The lowest BCUT2D eigenvalue weighted by Gasteiger charge is -2.27. The fourth-order valence-corrected chi connectivity index (χ4v) is 2.71. The van der Waals surface area contributed by atoms with Gasteiger partial charge in [0.15, 0.2) is 0 Å². The summed E-state index contributed by atoms with van der Waals surface area (Å²) in [4.78, 5) is 25.0. The van der Waals surface area contributed by atoms with E-state index in [4.69, 9.17) is 14.2 Å². The Balaban J connectivity index is 2.25. The third-order valence-corrected chi connectivity index (χ3v) is 4.87. The number of rotatable bonds is 9. The predicted octanol–water partition coefficient (Wildman–Crippen LogP) is 3.79. The zero-order valence-corrected chi connectivity index (χ0v) is 16.3. The van der Waals surface area contributed by atoms with Crippen LogP contribution in [0.25, 0.3) is 0 Å². The maximum Gasteiger partial charge on any atom is 0.341 e. The van der Waals surface area contributed by atoms with Crippen LogP contribution in [0.3, 0.4) is 0 Å². The van der Waals surface area contributed by atoms with Gasteiger partial charge in [-0.2, -0.15) is 0 Å². The molecule has 0 saturated heterocycles. The van der Waals surface area contributed by atoms with E-state index in [1.807, 2.05) is 13.8 Å². The number of nitrogens with one attached hydrogen (secondary N) is 1. The van der Waals surface area contributed by atoms with E-state index >= 15 is 0 Å². The van der Waals surface area contributed by atoms with Gasteiger partial charge in [0.05, 0.1) is 12.7 Å². The third kappa shape index (κ3) is 4.55. The standard InChI is InChI=1S/C20H29NO5/c1-6-13(3)26-17-11-10-15(12-16(17)18(22)25-7-2)21-19(23)20(4,24-5)14-8-9-14/h10-14H,6-9H2,1-5H3,(H,21,23)/t13-,20-/m1/s1.